The molecule has 0 amide bonds. The third-order valence-electron chi connectivity index (χ3n) is 1.46. The Morgan fingerprint density at radius 3 is 2.64 bits per heavy atom. The zero-order valence-corrected chi connectivity index (χ0v) is 8.83. The van der Waals surface area contributed by atoms with Crippen molar-refractivity contribution in [2.45, 2.75) is 11.8 Å². The van der Waals surface area contributed by atoms with Crippen LogP contribution in [0.5, 0.6) is 5.75 Å². The SMILES string of the molecule is COc1ccc(SBr)cc1C. The van der Waals surface area contributed by atoms with Gasteiger partial charge in [-0.1, -0.05) is 0 Å². The summed E-state index contributed by atoms with van der Waals surface area (Å²) >= 11 is 3.31. The van der Waals surface area contributed by atoms with Gasteiger partial charge in [0.05, 0.1) is 7.11 Å². The van der Waals surface area contributed by atoms with E-state index < -0.39 is 0 Å². The predicted octanol–water partition coefficient (Wildman–Crippen LogP) is 3.41. The van der Waals surface area contributed by atoms with Crippen LogP contribution in [0.15, 0.2) is 23.1 Å². The molecule has 0 atom stereocenters. The summed E-state index contributed by atoms with van der Waals surface area (Å²) in [6, 6.07) is 6.07. The first-order valence-corrected chi connectivity index (χ1v) is 5.87. The maximum absolute atomic E-state index is 5.12. The summed E-state index contributed by atoms with van der Waals surface area (Å²) in [5.74, 6) is 0.940. The van der Waals surface area contributed by atoms with Crippen molar-refractivity contribution in [2.75, 3.05) is 7.11 Å². The molecule has 1 aromatic carbocycles. The molecule has 0 saturated heterocycles. The molecule has 60 valence electrons. The van der Waals surface area contributed by atoms with Gasteiger partial charge in [-0.3, -0.25) is 0 Å². The molecule has 1 aromatic rings. The quantitative estimate of drug-likeness (QED) is 0.774. The lowest BCUT2D eigenvalue weighted by Crippen LogP contribution is -1.85. The minimum Gasteiger partial charge on any atom is -0.496 e. The standard InChI is InChI=1S/C8H9BrOS/c1-6-5-7(11-9)3-4-8(6)10-2/h3-5H,1-2H3. The molecule has 0 aliphatic heterocycles. The van der Waals surface area contributed by atoms with Crippen molar-refractivity contribution in [3.8, 4) is 5.75 Å². The van der Waals surface area contributed by atoms with E-state index in [0.29, 0.717) is 0 Å². The predicted molar refractivity (Wildman–Crippen MR) is 52.5 cm³/mol. The molecular weight excluding hydrogens is 224 g/mol. The molecular formula is C8H9BrOS. The third-order valence-corrected chi connectivity index (χ3v) is 3.01. The van der Waals surface area contributed by atoms with Crippen LogP contribution < -0.4 is 4.74 Å². The first kappa shape index (κ1) is 8.94. The Balaban J connectivity index is 2.99. The van der Waals surface area contributed by atoms with E-state index in [9.17, 15) is 0 Å². The highest BCUT2D eigenvalue weighted by atomic mass is 79.9. The van der Waals surface area contributed by atoms with Crippen molar-refractivity contribution in [2.24, 2.45) is 0 Å². The Morgan fingerprint density at radius 2 is 2.18 bits per heavy atom. The molecule has 0 aliphatic rings. The van der Waals surface area contributed by atoms with E-state index in [2.05, 4.69) is 20.9 Å². The highest BCUT2D eigenvalue weighted by molar-refractivity contribution is 9.50. The fourth-order valence-electron chi connectivity index (χ4n) is 0.899. The molecule has 0 saturated carbocycles. The Kier molecular flexibility index (Phi) is 3.27. The van der Waals surface area contributed by atoms with Gasteiger partial charge in [-0.05, 0) is 55.7 Å². The second-order valence-corrected chi connectivity index (χ2v) is 3.81. The summed E-state index contributed by atoms with van der Waals surface area (Å²) in [6.45, 7) is 2.03. The van der Waals surface area contributed by atoms with Crippen molar-refractivity contribution >= 4 is 25.0 Å². The number of hydrogen-bond acceptors (Lipinski definition) is 2. The van der Waals surface area contributed by atoms with E-state index in [4.69, 9.17) is 4.74 Å². The van der Waals surface area contributed by atoms with Gasteiger partial charge in [0.1, 0.15) is 5.75 Å². The average Bonchev–Trinajstić information content (AvgIpc) is 2.04. The molecule has 1 nitrogen and oxygen atoms in total. The highest BCUT2D eigenvalue weighted by Crippen LogP contribution is 2.28. The van der Waals surface area contributed by atoms with Gasteiger partial charge in [-0.15, -0.1) is 0 Å². The second kappa shape index (κ2) is 4.02. The van der Waals surface area contributed by atoms with Crippen molar-refractivity contribution in [3.05, 3.63) is 23.8 Å². The number of rotatable bonds is 2. The molecule has 0 unspecified atom stereocenters. The molecule has 3 heteroatoms. The summed E-state index contributed by atoms with van der Waals surface area (Å²) in [7, 11) is 3.24. The minimum absolute atomic E-state index is 0.940. The molecule has 11 heavy (non-hydrogen) atoms. The van der Waals surface area contributed by atoms with Gasteiger partial charge in [0.25, 0.3) is 0 Å². The lowest BCUT2D eigenvalue weighted by atomic mass is 10.2. The van der Waals surface area contributed by atoms with E-state index in [1.54, 1.807) is 17.3 Å². The molecule has 0 bridgehead atoms. The van der Waals surface area contributed by atoms with Gasteiger partial charge in [0.15, 0.2) is 0 Å². The summed E-state index contributed by atoms with van der Waals surface area (Å²) in [5.41, 5.74) is 1.16. The van der Waals surface area contributed by atoms with Gasteiger partial charge < -0.3 is 4.74 Å². The van der Waals surface area contributed by atoms with Crippen molar-refractivity contribution in [3.63, 3.8) is 0 Å². The fraction of sp³-hybridized carbons (Fsp3) is 0.250. The second-order valence-electron chi connectivity index (χ2n) is 2.21. The molecule has 0 aromatic heterocycles. The number of halogens is 1. The van der Waals surface area contributed by atoms with Crippen LogP contribution in [0, 0.1) is 6.92 Å². The molecule has 0 fully saturated rings. The Bertz CT molecular complexity index is 250. The Hall–Kier alpha value is -0.150. The van der Waals surface area contributed by atoms with Crippen molar-refractivity contribution < 1.29 is 4.74 Å². The van der Waals surface area contributed by atoms with Gasteiger partial charge >= 0.3 is 0 Å². The monoisotopic (exact) mass is 232 g/mol. The molecule has 0 aliphatic carbocycles. The maximum Gasteiger partial charge on any atom is 0.121 e. The maximum atomic E-state index is 5.12. The number of hydrogen-bond donors (Lipinski definition) is 0. The van der Waals surface area contributed by atoms with E-state index >= 15 is 0 Å². The van der Waals surface area contributed by atoms with Gasteiger partial charge in [-0.25, -0.2) is 0 Å². The molecule has 0 N–H and O–H groups in total. The molecule has 0 heterocycles. The average molecular weight is 233 g/mol. The van der Waals surface area contributed by atoms with Crippen LogP contribution in [0.25, 0.3) is 0 Å². The summed E-state index contributed by atoms with van der Waals surface area (Å²) < 4.78 is 5.12. The van der Waals surface area contributed by atoms with Gasteiger partial charge in [0.2, 0.25) is 0 Å². The largest absolute Gasteiger partial charge is 0.496 e. The van der Waals surface area contributed by atoms with Gasteiger partial charge in [0, 0.05) is 4.90 Å². The van der Waals surface area contributed by atoms with Crippen molar-refractivity contribution in [1.82, 2.24) is 0 Å². The fourth-order valence-corrected chi connectivity index (χ4v) is 1.84. The zero-order valence-electron chi connectivity index (χ0n) is 6.43. The first-order valence-electron chi connectivity index (χ1n) is 3.21. The van der Waals surface area contributed by atoms with Crippen molar-refractivity contribution in [1.29, 1.82) is 0 Å². The van der Waals surface area contributed by atoms with Crippen LogP contribution in [0.4, 0.5) is 0 Å². The number of benzene rings is 1. The lowest BCUT2D eigenvalue weighted by molar-refractivity contribution is 0.411. The van der Waals surface area contributed by atoms with E-state index in [1.807, 2.05) is 19.1 Å². The topological polar surface area (TPSA) is 9.23 Å². The third kappa shape index (κ3) is 2.14. The van der Waals surface area contributed by atoms with Crippen LogP contribution in [-0.2, 0) is 0 Å². The molecule has 1 rings (SSSR count). The first-order chi connectivity index (χ1) is 5.27. The minimum atomic E-state index is 0.940. The van der Waals surface area contributed by atoms with E-state index in [0.717, 1.165) is 11.3 Å². The number of aryl methyl sites for hydroxylation is 1. The van der Waals surface area contributed by atoms with Crippen LogP contribution in [0.1, 0.15) is 5.56 Å². The number of methoxy groups -OCH3 is 1. The lowest BCUT2D eigenvalue weighted by Gasteiger charge is -2.04. The van der Waals surface area contributed by atoms with Crippen LogP contribution in [0.3, 0.4) is 0 Å². The van der Waals surface area contributed by atoms with E-state index in [-0.39, 0.29) is 0 Å². The Morgan fingerprint density at radius 1 is 1.45 bits per heavy atom. The molecule has 0 radical (unpaired) electrons. The van der Waals surface area contributed by atoms with Crippen LogP contribution in [-0.4, -0.2) is 7.11 Å². The van der Waals surface area contributed by atoms with Gasteiger partial charge in [-0.2, -0.15) is 0 Å². The normalized spacial score (nSPS) is 9.73. The highest BCUT2D eigenvalue weighted by Gasteiger charge is 1.97. The summed E-state index contributed by atoms with van der Waals surface area (Å²) in [6.07, 6.45) is 0. The Labute approximate surface area is 78.3 Å². The zero-order chi connectivity index (χ0) is 8.27. The van der Waals surface area contributed by atoms with Crippen LogP contribution >= 0.6 is 25.0 Å². The smallest absolute Gasteiger partial charge is 0.121 e. The van der Waals surface area contributed by atoms with Crippen LogP contribution in [0.2, 0.25) is 0 Å². The molecule has 0 spiro atoms. The summed E-state index contributed by atoms with van der Waals surface area (Å²) in [4.78, 5) is 1.20. The van der Waals surface area contributed by atoms with E-state index in [1.165, 1.54) is 4.90 Å². The summed E-state index contributed by atoms with van der Waals surface area (Å²) in [5, 5.41) is 0. The number of ether oxygens (including phenoxy) is 1.